The zero-order valence-electron chi connectivity index (χ0n) is 17.5. The number of amides is 1. The van der Waals surface area contributed by atoms with Crippen LogP contribution in [0.15, 0.2) is 48.8 Å². The largest absolute Gasteiger partial charge is 0.341 e. The Hall–Kier alpha value is -4.06. The minimum atomic E-state index is -0.590. The van der Waals surface area contributed by atoms with Gasteiger partial charge in [-0.15, -0.1) is 0 Å². The van der Waals surface area contributed by atoms with E-state index in [2.05, 4.69) is 36.6 Å². The number of nitrogens with one attached hydrogen (secondary N) is 2. The number of hydrogen-bond acceptors (Lipinski definition) is 7. The molecular weight excluding hydrogens is 409 g/mol. The summed E-state index contributed by atoms with van der Waals surface area (Å²) in [4.78, 5) is 26.2. The van der Waals surface area contributed by atoms with Crippen molar-refractivity contribution in [3.63, 3.8) is 0 Å². The van der Waals surface area contributed by atoms with E-state index in [4.69, 9.17) is 5.26 Å². The molecule has 0 radical (unpaired) electrons. The summed E-state index contributed by atoms with van der Waals surface area (Å²) in [6.45, 7) is 2.88. The maximum absolute atomic E-state index is 14.6. The van der Waals surface area contributed by atoms with Gasteiger partial charge >= 0.3 is 0 Å². The highest BCUT2D eigenvalue weighted by Crippen LogP contribution is 2.30. The van der Waals surface area contributed by atoms with Gasteiger partial charge < -0.3 is 15.5 Å². The Kier molecular flexibility index (Phi) is 6.22. The van der Waals surface area contributed by atoms with Crippen molar-refractivity contribution in [3.8, 4) is 6.07 Å². The van der Waals surface area contributed by atoms with Crippen molar-refractivity contribution in [1.82, 2.24) is 15.0 Å². The van der Waals surface area contributed by atoms with Crippen LogP contribution in [0.4, 0.5) is 27.7 Å². The Morgan fingerprint density at radius 2 is 1.84 bits per heavy atom. The number of carbonyl (C=O) groups is 1. The van der Waals surface area contributed by atoms with Crippen LogP contribution in [0, 0.1) is 17.1 Å². The van der Waals surface area contributed by atoms with Crippen LogP contribution in [0.2, 0.25) is 0 Å². The van der Waals surface area contributed by atoms with Crippen LogP contribution < -0.4 is 15.5 Å². The first kappa shape index (κ1) is 21.2. The monoisotopic (exact) mass is 431 g/mol. The van der Waals surface area contributed by atoms with E-state index in [0.717, 1.165) is 25.9 Å². The van der Waals surface area contributed by atoms with Crippen molar-refractivity contribution < 1.29 is 9.18 Å². The van der Waals surface area contributed by atoms with Crippen LogP contribution >= 0.6 is 0 Å². The summed E-state index contributed by atoms with van der Waals surface area (Å²) < 4.78 is 14.6. The number of halogens is 1. The number of nitrogens with zero attached hydrogens (tertiary/aromatic N) is 5. The highest BCUT2D eigenvalue weighted by molar-refractivity contribution is 5.89. The smallest absolute Gasteiger partial charge is 0.232 e. The van der Waals surface area contributed by atoms with Gasteiger partial charge in [0.2, 0.25) is 17.8 Å². The zero-order valence-corrected chi connectivity index (χ0v) is 17.5. The first-order chi connectivity index (χ1) is 15.5. The summed E-state index contributed by atoms with van der Waals surface area (Å²) in [5.41, 5.74) is 2.14. The van der Waals surface area contributed by atoms with Crippen molar-refractivity contribution in [2.24, 2.45) is 0 Å². The lowest BCUT2D eigenvalue weighted by molar-refractivity contribution is -0.114. The number of benzene rings is 2. The fraction of sp³-hybridized carbons (Fsp3) is 0.261. The Bertz CT molecular complexity index is 1150. The van der Waals surface area contributed by atoms with Crippen molar-refractivity contribution >= 4 is 29.2 Å². The molecule has 0 saturated carbocycles. The number of anilines is 4. The van der Waals surface area contributed by atoms with E-state index in [1.807, 2.05) is 24.3 Å². The molecule has 0 bridgehead atoms. The molecule has 0 aliphatic carbocycles. The molecule has 1 aliphatic heterocycles. The first-order valence-electron chi connectivity index (χ1n) is 10.3. The van der Waals surface area contributed by atoms with Crippen molar-refractivity contribution in [3.05, 3.63) is 65.7 Å². The lowest BCUT2D eigenvalue weighted by atomic mass is 9.89. The van der Waals surface area contributed by atoms with Crippen LogP contribution in [0.25, 0.3) is 0 Å². The highest BCUT2D eigenvalue weighted by Gasteiger charge is 2.22. The van der Waals surface area contributed by atoms with Gasteiger partial charge in [0.25, 0.3) is 0 Å². The average molecular weight is 431 g/mol. The van der Waals surface area contributed by atoms with Gasteiger partial charge in [0, 0.05) is 20.0 Å². The SMILES string of the molecule is CC(=O)Nc1cccc(Nc2ncnc(N3CCC(c4ccc(C#N)cc4)CC3)n2)c1F. The van der Waals surface area contributed by atoms with Crippen molar-refractivity contribution in [2.45, 2.75) is 25.7 Å². The van der Waals surface area contributed by atoms with Gasteiger partial charge in [-0.1, -0.05) is 18.2 Å². The second-order valence-corrected chi connectivity index (χ2v) is 7.58. The fourth-order valence-electron chi connectivity index (χ4n) is 3.78. The molecule has 1 saturated heterocycles. The van der Waals surface area contributed by atoms with E-state index < -0.39 is 5.82 Å². The molecule has 8 nitrogen and oxygen atoms in total. The van der Waals surface area contributed by atoms with Gasteiger partial charge in [-0.05, 0) is 48.6 Å². The molecule has 4 rings (SSSR count). The number of hydrogen-bond donors (Lipinski definition) is 2. The molecule has 2 aromatic carbocycles. The van der Waals surface area contributed by atoms with E-state index in [-0.39, 0.29) is 23.2 Å². The van der Waals surface area contributed by atoms with Gasteiger partial charge in [0.1, 0.15) is 6.33 Å². The van der Waals surface area contributed by atoms with Gasteiger partial charge in [-0.3, -0.25) is 4.79 Å². The van der Waals surface area contributed by atoms with E-state index in [0.29, 0.717) is 17.4 Å². The fourth-order valence-corrected chi connectivity index (χ4v) is 3.78. The van der Waals surface area contributed by atoms with Crippen molar-refractivity contribution in [2.75, 3.05) is 28.6 Å². The molecule has 0 atom stereocenters. The molecule has 1 amide bonds. The lowest BCUT2D eigenvalue weighted by Crippen LogP contribution is -2.34. The number of nitriles is 1. The summed E-state index contributed by atoms with van der Waals surface area (Å²) in [5, 5.41) is 14.3. The van der Waals surface area contributed by atoms with E-state index in [1.54, 1.807) is 12.1 Å². The molecule has 32 heavy (non-hydrogen) atoms. The van der Waals surface area contributed by atoms with Gasteiger partial charge in [0.05, 0.1) is 23.0 Å². The summed E-state index contributed by atoms with van der Waals surface area (Å²) >= 11 is 0. The minimum Gasteiger partial charge on any atom is -0.341 e. The molecule has 162 valence electrons. The predicted octanol–water partition coefficient (Wildman–Crippen LogP) is 3.97. The molecule has 2 heterocycles. The Labute approximate surface area is 185 Å². The maximum atomic E-state index is 14.6. The van der Waals surface area contributed by atoms with Crippen LogP contribution in [0.5, 0.6) is 0 Å². The first-order valence-corrected chi connectivity index (χ1v) is 10.3. The van der Waals surface area contributed by atoms with E-state index in [9.17, 15) is 9.18 Å². The molecule has 2 N–H and O–H groups in total. The predicted molar refractivity (Wildman–Crippen MR) is 119 cm³/mol. The third-order valence-corrected chi connectivity index (χ3v) is 5.40. The van der Waals surface area contributed by atoms with Gasteiger partial charge in [-0.2, -0.15) is 10.2 Å². The Balaban J connectivity index is 1.43. The molecule has 1 fully saturated rings. The third kappa shape index (κ3) is 4.81. The second-order valence-electron chi connectivity index (χ2n) is 7.58. The standard InChI is InChI=1S/C23H22FN7O/c1-15(32)28-19-3-2-4-20(21(19)24)29-22-26-14-27-23(30-22)31-11-9-18(10-12-31)17-7-5-16(13-25)6-8-17/h2-8,14,18H,9-12H2,1H3,(H,28,32)(H,26,27,29,30). The summed E-state index contributed by atoms with van der Waals surface area (Å²) in [5.74, 6) is 0.229. The summed E-state index contributed by atoms with van der Waals surface area (Å²) in [6, 6.07) is 14.6. The average Bonchev–Trinajstić information content (AvgIpc) is 2.82. The molecule has 3 aromatic rings. The molecule has 9 heteroatoms. The normalized spacial score (nSPS) is 14.0. The van der Waals surface area contributed by atoms with Crippen molar-refractivity contribution in [1.29, 1.82) is 5.26 Å². The topological polar surface area (TPSA) is 107 Å². The Morgan fingerprint density at radius 1 is 1.12 bits per heavy atom. The molecule has 0 unspecified atom stereocenters. The Morgan fingerprint density at radius 3 is 2.53 bits per heavy atom. The van der Waals surface area contributed by atoms with E-state index >= 15 is 0 Å². The van der Waals surface area contributed by atoms with Crippen LogP contribution in [0.1, 0.15) is 36.8 Å². The highest BCUT2D eigenvalue weighted by atomic mass is 19.1. The second kappa shape index (κ2) is 9.39. The van der Waals surface area contributed by atoms with Gasteiger partial charge in [-0.25, -0.2) is 14.4 Å². The zero-order chi connectivity index (χ0) is 22.5. The van der Waals surface area contributed by atoms with Crippen LogP contribution in [-0.4, -0.2) is 33.9 Å². The number of rotatable bonds is 5. The van der Waals surface area contributed by atoms with Crippen LogP contribution in [0.3, 0.4) is 0 Å². The third-order valence-electron chi connectivity index (χ3n) is 5.40. The van der Waals surface area contributed by atoms with E-state index in [1.165, 1.54) is 24.9 Å². The number of piperidine rings is 1. The van der Waals surface area contributed by atoms with Gasteiger partial charge in [0.15, 0.2) is 5.82 Å². The molecule has 0 spiro atoms. The quantitative estimate of drug-likeness (QED) is 0.629. The minimum absolute atomic E-state index is 0.0849. The lowest BCUT2D eigenvalue weighted by Gasteiger charge is -2.32. The maximum Gasteiger partial charge on any atom is 0.232 e. The molecular formula is C23H22FN7O. The summed E-state index contributed by atoms with van der Waals surface area (Å²) in [7, 11) is 0. The summed E-state index contributed by atoms with van der Waals surface area (Å²) in [6.07, 6.45) is 3.27. The number of aromatic nitrogens is 3. The van der Waals surface area contributed by atoms with Crippen LogP contribution in [-0.2, 0) is 4.79 Å². The number of carbonyl (C=O) groups excluding carboxylic acids is 1. The molecule has 1 aliphatic rings. The molecule has 1 aromatic heterocycles.